The van der Waals surface area contributed by atoms with Crippen LogP contribution in [0.25, 0.3) is 11.3 Å². The van der Waals surface area contributed by atoms with Crippen molar-refractivity contribution in [3.63, 3.8) is 0 Å². The molecule has 0 bridgehead atoms. The minimum atomic E-state index is -0.534. The highest BCUT2D eigenvalue weighted by Crippen LogP contribution is 2.38. The first-order valence-electron chi connectivity index (χ1n) is 7.08. The summed E-state index contributed by atoms with van der Waals surface area (Å²) in [4.78, 5) is 17.0. The van der Waals surface area contributed by atoms with Crippen molar-refractivity contribution in [1.82, 2.24) is 4.98 Å². The Hall–Kier alpha value is -2.14. The van der Waals surface area contributed by atoms with Crippen molar-refractivity contribution >= 4 is 46.3 Å². The molecule has 1 aromatic heterocycles. The van der Waals surface area contributed by atoms with E-state index >= 15 is 0 Å². The molecule has 3 rings (SSSR count). The molecule has 1 heterocycles. The van der Waals surface area contributed by atoms with E-state index in [4.69, 9.17) is 40.5 Å². The number of nitrogen functional groups attached to an aromatic ring is 1. The lowest BCUT2D eigenvalue weighted by atomic mass is 9.99. The van der Waals surface area contributed by atoms with Crippen LogP contribution in [-0.4, -0.2) is 10.8 Å². The van der Waals surface area contributed by atoms with Gasteiger partial charge in [0.1, 0.15) is 5.82 Å². The van der Waals surface area contributed by atoms with Crippen LogP contribution in [-0.2, 0) is 0 Å². The Balaban J connectivity index is 2.15. The third kappa shape index (κ3) is 3.33. The lowest BCUT2D eigenvalue weighted by Gasteiger charge is -2.12. The van der Waals surface area contributed by atoms with Gasteiger partial charge in [0.15, 0.2) is 5.78 Å². The van der Waals surface area contributed by atoms with Gasteiger partial charge in [-0.15, -0.1) is 0 Å². The minimum Gasteiger partial charge on any atom is -0.396 e. The monoisotopic (exact) mass is 394 g/mol. The number of aromatic nitrogens is 1. The molecule has 0 radical (unpaired) electrons. The van der Waals surface area contributed by atoms with E-state index in [1.165, 1.54) is 18.3 Å². The fraction of sp³-hybridized carbons (Fsp3) is 0. The average Bonchev–Trinajstić information content (AvgIpc) is 2.55. The van der Waals surface area contributed by atoms with Crippen LogP contribution in [0, 0.1) is 5.82 Å². The summed E-state index contributed by atoms with van der Waals surface area (Å²) in [5.74, 6) is -0.984. The van der Waals surface area contributed by atoms with Crippen LogP contribution < -0.4 is 5.73 Å². The summed E-state index contributed by atoms with van der Waals surface area (Å²) in [5, 5.41) is 0.714. The molecular weight excluding hydrogens is 386 g/mol. The molecule has 0 spiro atoms. The predicted octanol–water partition coefficient (Wildman–Crippen LogP) is 5.66. The lowest BCUT2D eigenvalue weighted by molar-refractivity contribution is 0.103. The van der Waals surface area contributed by atoms with Gasteiger partial charge in [0.05, 0.1) is 26.4 Å². The van der Waals surface area contributed by atoms with Crippen molar-refractivity contribution in [3.8, 4) is 11.3 Å². The molecule has 2 N–H and O–H groups in total. The van der Waals surface area contributed by atoms with Gasteiger partial charge in [-0.1, -0.05) is 40.9 Å². The maximum atomic E-state index is 13.2. The summed E-state index contributed by atoms with van der Waals surface area (Å²) in [6, 6.07) is 9.98. The number of ketones is 1. The van der Waals surface area contributed by atoms with Crippen LogP contribution in [0.5, 0.6) is 0 Å². The third-order valence-corrected chi connectivity index (χ3v) is 4.55. The zero-order chi connectivity index (χ0) is 18.1. The standard InChI is InChI=1S/C18H10Cl3FN2O/c19-12-2-1-3-13(20)15(12)17-16(23)11(6-7-24-17)18(25)10-5-4-9(22)8-14(10)21/h1-8H,23H2. The number of halogens is 4. The normalized spacial score (nSPS) is 10.7. The molecule has 0 atom stereocenters. The molecule has 7 heteroatoms. The lowest BCUT2D eigenvalue weighted by Crippen LogP contribution is -2.08. The highest BCUT2D eigenvalue weighted by Gasteiger charge is 2.21. The number of benzene rings is 2. The molecular formula is C18H10Cl3FN2O. The average molecular weight is 396 g/mol. The van der Waals surface area contributed by atoms with E-state index in [2.05, 4.69) is 4.98 Å². The maximum Gasteiger partial charge on any atom is 0.196 e. The smallest absolute Gasteiger partial charge is 0.196 e. The number of nitrogens with zero attached hydrogens (tertiary/aromatic N) is 1. The largest absolute Gasteiger partial charge is 0.396 e. The Morgan fingerprint density at radius 3 is 2.28 bits per heavy atom. The number of pyridine rings is 1. The fourth-order valence-electron chi connectivity index (χ4n) is 2.41. The minimum absolute atomic E-state index is 0.00135. The molecule has 0 saturated carbocycles. The first-order chi connectivity index (χ1) is 11.9. The van der Waals surface area contributed by atoms with Crippen LogP contribution in [0.3, 0.4) is 0 Å². The van der Waals surface area contributed by atoms with Crippen LogP contribution >= 0.6 is 34.8 Å². The second-order valence-electron chi connectivity index (χ2n) is 5.17. The number of rotatable bonds is 3. The number of anilines is 1. The van der Waals surface area contributed by atoms with Gasteiger partial charge in [0.2, 0.25) is 0 Å². The first kappa shape index (κ1) is 17.7. The Bertz CT molecular complexity index is 972. The number of carbonyl (C=O) groups is 1. The highest BCUT2D eigenvalue weighted by molar-refractivity contribution is 6.39. The summed E-state index contributed by atoms with van der Waals surface area (Å²) >= 11 is 18.4. The Kier molecular flexibility index (Phi) is 4.95. The molecule has 3 aromatic rings. The highest BCUT2D eigenvalue weighted by atomic mass is 35.5. The SMILES string of the molecule is Nc1c(C(=O)c2ccc(F)cc2Cl)ccnc1-c1c(Cl)cccc1Cl. The van der Waals surface area contributed by atoms with E-state index in [1.54, 1.807) is 18.2 Å². The van der Waals surface area contributed by atoms with Crippen LogP contribution in [0.15, 0.2) is 48.7 Å². The molecule has 0 aliphatic rings. The van der Waals surface area contributed by atoms with Crippen LogP contribution in [0.4, 0.5) is 10.1 Å². The van der Waals surface area contributed by atoms with Crippen molar-refractivity contribution in [2.75, 3.05) is 5.73 Å². The molecule has 126 valence electrons. The van der Waals surface area contributed by atoms with Crippen LogP contribution in [0.2, 0.25) is 15.1 Å². The number of hydrogen-bond donors (Lipinski definition) is 1. The zero-order valence-electron chi connectivity index (χ0n) is 12.6. The van der Waals surface area contributed by atoms with Crippen molar-refractivity contribution in [1.29, 1.82) is 0 Å². The molecule has 0 unspecified atom stereocenters. The summed E-state index contributed by atoms with van der Waals surface area (Å²) in [6.45, 7) is 0. The van der Waals surface area contributed by atoms with Gasteiger partial charge < -0.3 is 5.73 Å². The molecule has 0 amide bonds. The molecule has 0 aliphatic carbocycles. The molecule has 2 aromatic carbocycles. The summed E-state index contributed by atoms with van der Waals surface area (Å²) in [7, 11) is 0. The molecule has 0 fully saturated rings. The Morgan fingerprint density at radius 1 is 0.960 bits per heavy atom. The predicted molar refractivity (Wildman–Crippen MR) is 98.9 cm³/mol. The van der Waals surface area contributed by atoms with Gasteiger partial charge in [0, 0.05) is 22.9 Å². The molecule has 0 saturated heterocycles. The third-order valence-electron chi connectivity index (χ3n) is 3.61. The van der Waals surface area contributed by atoms with Crippen molar-refractivity contribution < 1.29 is 9.18 Å². The van der Waals surface area contributed by atoms with E-state index in [-0.39, 0.29) is 21.8 Å². The zero-order valence-corrected chi connectivity index (χ0v) is 14.8. The molecule has 3 nitrogen and oxygen atoms in total. The molecule has 0 aliphatic heterocycles. The van der Waals surface area contributed by atoms with E-state index in [0.29, 0.717) is 21.3 Å². The fourth-order valence-corrected chi connectivity index (χ4v) is 3.24. The first-order valence-corrected chi connectivity index (χ1v) is 8.22. The van der Waals surface area contributed by atoms with Crippen molar-refractivity contribution in [3.05, 3.63) is 80.7 Å². The van der Waals surface area contributed by atoms with E-state index < -0.39 is 11.6 Å². The Labute approximate surface area is 158 Å². The van der Waals surface area contributed by atoms with E-state index in [1.807, 2.05) is 0 Å². The number of hydrogen-bond acceptors (Lipinski definition) is 3. The number of carbonyl (C=O) groups excluding carboxylic acids is 1. The van der Waals surface area contributed by atoms with Gasteiger partial charge >= 0.3 is 0 Å². The molecule has 25 heavy (non-hydrogen) atoms. The van der Waals surface area contributed by atoms with Gasteiger partial charge in [-0.2, -0.15) is 0 Å². The van der Waals surface area contributed by atoms with Crippen LogP contribution in [0.1, 0.15) is 15.9 Å². The second-order valence-corrected chi connectivity index (χ2v) is 6.39. The summed E-state index contributed by atoms with van der Waals surface area (Å²) in [6.07, 6.45) is 1.43. The quantitative estimate of drug-likeness (QED) is 0.582. The Morgan fingerprint density at radius 2 is 1.64 bits per heavy atom. The van der Waals surface area contributed by atoms with Gasteiger partial charge in [0.25, 0.3) is 0 Å². The van der Waals surface area contributed by atoms with E-state index in [0.717, 1.165) is 12.1 Å². The van der Waals surface area contributed by atoms with Crippen molar-refractivity contribution in [2.24, 2.45) is 0 Å². The second kappa shape index (κ2) is 7.00. The maximum absolute atomic E-state index is 13.2. The summed E-state index contributed by atoms with van der Waals surface area (Å²) in [5.41, 5.74) is 7.30. The van der Waals surface area contributed by atoms with Gasteiger partial charge in [-0.3, -0.25) is 9.78 Å². The topological polar surface area (TPSA) is 56.0 Å². The van der Waals surface area contributed by atoms with Crippen molar-refractivity contribution in [2.45, 2.75) is 0 Å². The van der Waals surface area contributed by atoms with E-state index in [9.17, 15) is 9.18 Å². The van der Waals surface area contributed by atoms with Gasteiger partial charge in [-0.25, -0.2) is 4.39 Å². The van der Waals surface area contributed by atoms with Gasteiger partial charge in [-0.05, 0) is 36.4 Å². The summed E-state index contributed by atoms with van der Waals surface area (Å²) < 4.78 is 13.2. The number of nitrogens with two attached hydrogens (primary N) is 1.